The average molecular weight is 436 g/mol. The molecule has 31 heavy (non-hydrogen) atoms. The van der Waals surface area contributed by atoms with E-state index in [0.29, 0.717) is 22.4 Å². The molecule has 0 unspecified atom stereocenters. The number of nitrogens with one attached hydrogen (secondary N) is 1. The molecule has 2 aromatic carbocycles. The molecule has 0 radical (unpaired) electrons. The zero-order chi connectivity index (χ0) is 21.6. The summed E-state index contributed by atoms with van der Waals surface area (Å²) >= 11 is 1.30. The Balaban J connectivity index is 1.55. The summed E-state index contributed by atoms with van der Waals surface area (Å²) < 4.78 is 14.3. The number of hydrogen-bond acceptors (Lipinski definition) is 6. The highest BCUT2D eigenvalue weighted by atomic mass is 32.2. The molecule has 0 aliphatic heterocycles. The predicted molar refractivity (Wildman–Crippen MR) is 120 cm³/mol. The lowest BCUT2D eigenvalue weighted by Crippen LogP contribution is -2.15. The fourth-order valence-electron chi connectivity index (χ4n) is 2.99. The van der Waals surface area contributed by atoms with E-state index in [1.165, 1.54) is 11.8 Å². The first-order valence-corrected chi connectivity index (χ1v) is 10.5. The molecule has 2 aromatic heterocycles. The Kier molecular flexibility index (Phi) is 6.23. The maximum absolute atomic E-state index is 12.5. The summed E-state index contributed by atoms with van der Waals surface area (Å²) in [5.74, 6) is 2.08. The van der Waals surface area contributed by atoms with Gasteiger partial charge < -0.3 is 14.8 Å². The minimum Gasteiger partial charge on any atom is -0.497 e. The fourth-order valence-corrected chi connectivity index (χ4v) is 3.73. The minimum absolute atomic E-state index is 0.150. The Bertz CT molecular complexity index is 1170. The van der Waals surface area contributed by atoms with Crippen LogP contribution in [-0.2, 0) is 4.79 Å². The van der Waals surface area contributed by atoms with Crippen LogP contribution in [0.15, 0.2) is 78.2 Å². The summed E-state index contributed by atoms with van der Waals surface area (Å²) in [5, 5.41) is 12.2. The number of anilines is 1. The van der Waals surface area contributed by atoms with Gasteiger partial charge in [-0.1, -0.05) is 30.0 Å². The van der Waals surface area contributed by atoms with Gasteiger partial charge in [0.1, 0.15) is 11.5 Å². The van der Waals surface area contributed by atoms with E-state index in [9.17, 15) is 4.79 Å². The van der Waals surface area contributed by atoms with Crippen molar-refractivity contribution in [2.75, 3.05) is 25.3 Å². The summed E-state index contributed by atoms with van der Waals surface area (Å²) in [6.45, 7) is 0. The second kappa shape index (κ2) is 9.40. The topological polar surface area (TPSA) is 83.2 Å². The van der Waals surface area contributed by atoms with Crippen LogP contribution < -0.4 is 14.8 Å². The molecule has 4 aromatic rings. The van der Waals surface area contributed by atoms with Gasteiger partial charge in [0.25, 0.3) is 0 Å². The number of benzene rings is 2. The van der Waals surface area contributed by atoms with Gasteiger partial charge in [-0.15, -0.1) is 10.2 Å². The number of carbonyl (C=O) groups excluding carboxylic acids is 1. The van der Waals surface area contributed by atoms with Crippen LogP contribution in [0.5, 0.6) is 11.5 Å². The van der Waals surface area contributed by atoms with Crippen LogP contribution >= 0.6 is 11.8 Å². The normalized spacial score (nSPS) is 10.6. The smallest absolute Gasteiger partial charge is 0.234 e. The summed E-state index contributed by atoms with van der Waals surface area (Å²) in [6.07, 6.45) is 3.79. The van der Waals surface area contributed by atoms with Gasteiger partial charge in [-0.3, -0.25) is 9.47 Å². The zero-order valence-corrected chi connectivity index (χ0v) is 17.9. The number of ether oxygens (including phenoxy) is 2. The van der Waals surface area contributed by atoms with Gasteiger partial charge in [-0.2, -0.15) is 0 Å². The second-order valence-corrected chi connectivity index (χ2v) is 7.42. The first kappa shape index (κ1) is 20.5. The Morgan fingerprint density at radius 1 is 0.968 bits per heavy atom. The Hall–Kier alpha value is -3.72. The lowest BCUT2D eigenvalue weighted by atomic mass is 10.2. The average Bonchev–Trinajstić information content (AvgIpc) is 3.47. The van der Waals surface area contributed by atoms with Crippen molar-refractivity contribution in [1.29, 1.82) is 0 Å². The van der Waals surface area contributed by atoms with E-state index in [2.05, 4.69) is 15.5 Å². The van der Waals surface area contributed by atoms with Gasteiger partial charge in [0.15, 0.2) is 5.82 Å². The molecule has 0 spiro atoms. The van der Waals surface area contributed by atoms with E-state index in [1.807, 2.05) is 76.3 Å². The maximum Gasteiger partial charge on any atom is 0.234 e. The first-order valence-electron chi connectivity index (χ1n) is 9.48. The zero-order valence-electron chi connectivity index (χ0n) is 17.1. The first-order chi connectivity index (χ1) is 15.2. The molecule has 0 bridgehead atoms. The molecule has 1 N–H and O–H groups in total. The fraction of sp³-hybridized carbons (Fsp3) is 0.136. The SMILES string of the molecule is COc1cccc(NC(=O)CSc2nnc(-c3cccc(OC)c3)n2-n2cccc2)c1. The van der Waals surface area contributed by atoms with Crippen molar-refractivity contribution in [1.82, 2.24) is 19.5 Å². The van der Waals surface area contributed by atoms with Gasteiger partial charge in [0, 0.05) is 29.7 Å². The van der Waals surface area contributed by atoms with Crippen LogP contribution in [0.3, 0.4) is 0 Å². The molecule has 9 heteroatoms. The number of methoxy groups -OCH3 is 2. The van der Waals surface area contributed by atoms with Crippen molar-refractivity contribution in [3.05, 3.63) is 73.1 Å². The Morgan fingerprint density at radius 2 is 1.68 bits per heavy atom. The van der Waals surface area contributed by atoms with Crippen molar-refractivity contribution in [3.63, 3.8) is 0 Å². The number of carbonyl (C=O) groups is 1. The summed E-state index contributed by atoms with van der Waals surface area (Å²) in [4.78, 5) is 12.5. The highest BCUT2D eigenvalue weighted by Crippen LogP contribution is 2.27. The molecule has 0 aliphatic carbocycles. The molecule has 0 atom stereocenters. The van der Waals surface area contributed by atoms with Gasteiger partial charge in [0.05, 0.1) is 20.0 Å². The van der Waals surface area contributed by atoms with Crippen molar-refractivity contribution in [2.24, 2.45) is 0 Å². The molecule has 4 rings (SSSR count). The monoisotopic (exact) mass is 435 g/mol. The molecule has 158 valence electrons. The standard InChI is InChI=1S/C22H21N5O3S/c1-29-18-9-5-7-16(13-18)21-24-25-22(27(21)26-11-3-4-12-26)31-15-20(28)23-17-8-6-10-19(14-17)30-2/h3-14H,15H2,1-2H3,(H,23,28). The highest BCUT2D eigenvalue weighted by molar-refractivity contribution is 7.99. The van der Waals surface area contributed by atoms with Crippen molar-refractivity contribution in [3.8, 4) is 22.9 Å². The molecular formula is C22H21N5O3S. The third-order valence-corrected chi connectivity index (χ3v) is 5.36. The number of amides is 1. The summed E-state index contributed by atoms with van der Waals surface area (Å²) in [7, 11) is 3.21. The van der Waals surface area contributed by atoms with Gasteiger partial charge in [0.2, 0.25) is 11.1 Å². The van der Waals surface area contributed by atoms with Gasteiger partial charge in [-0.25, -0.2) is 4.68 Å². The number of aromatic nitrogens is 4. The molecule has 2 heterocycles. The van der Waals surface area contributed by atoms with Crippen LogP contribution in [-0.4, -0.2) is 45.4 Å². The Labute approximate surface area is 183 Å². The highest BCUT2D eigenvalue weighted by Gasteiger charge is 2.17. The third kappa shape index (κ3) is 4.72. The molecule has 8 nitrogen and oxygen atoms in total. The predicted octanol–water partition coefficient (Wildman–Crippen LogP) is 3.81. The van der Waals surface area contributed by atoms with E-state index in [4.69, 9.17) is 9.47 Å². The Morgan fingerprint density at radius 3 is 2.42 bits per heavy atom. The van der Waals surface area contributed by atoms with Crippen LogP contribution in [0, 0.1) is 0 Å². The van der Waals surface area contributed by atoms with E-state index in [1.54, 1.807) is 20.3 Å². The van der Waals surface area contributed by atoms with E-state index in [0.717, 1.165) is 11.3 Å². The molecule has 0 fully saturated rings. The van der Waals surface area contributed by atoms with Gasteiger partial charge >= 0.3 is 0 Å². The van der Waals surface area contributed by atoms with Crippen molar-refractivity contribution >= 4 is 23.4 Å². The molecule has 0 saturated heterocycles. The molecule has 0 saturated carbocycles. The largest absolute Gasteiger partial charge is 0.497 e. The number of nitrogens with zero attached hydrogens (tertiary/aromatic N) is 4. The summed E-state index contributed by atoms with van der Waals surface area (Å²) in [6, 6.07) is 18.7. The van der Waals surface area contributed by atoms with Crippen LogP contribution in [0.2, 0.25) is 0 Å². The maximum atomic E-state index is 12.5. The lowest BCUT2D eigenvalue weighted by Gasteiger charge is -2.12. The van der Waals surface area contributed by atoms with Crippen LogP contribution in [0.25, 0.3) is 11.4 Å². The quantitative estimate of drug-likeness (QED) is 0.424. The minimum atomic E-state index is -0.150. The van der Waals surface area contributed by atoms with Crippen LogP contribution in [0.1, 0.15) is 0 Å². The molecule has 1 amide bonds. The van der Waals surface area contributed by atoms with Crippen molar-refractivity contribution < 1.29 is 14.3 Å². The lowest BCUT2D eigenvalue weighted by molar-refractivity contribution is -0.113. The molecule has 0 aliphatic rings. The van der Waals surface area contributed by atoms with Crippen LogP contribution in [0.4, 0.5) is 5.69 Å². The number of hydrogen-bond donors (Lipinski definition) is 1. The number of thioether (sulfide) groups is 1. The van der Waals surface area contributed by atoms with E-state index in [-0.39, 0.29) is 11.7 Å². The molecular weight excluding hydrogens is 414 g/mol. The van der Waals surface area contributed by atoms with E-state index < -0.39 is 0 Å². The second-order valence-electron chi connectivity index (χ2n) is 6.48. The van der Waals surface area contributed by atoms with Gasteiger partial charge in [-0.05, 0) is 36.4 Å². The number of rotatable bonds is 8. The third-order valence-electron chi connectivity index (χ3n) is 4.45. The van der Waals surface area contributed by atoms with E-state index >= 15 is 0 Å². The van der Waals surface area contributed by atoms with Crippen molar-refractivity contribution in [2.45, 2.75) is 5.16 Å². The summed E-state index contributed by atoms with van der Waals surface area (Å²) in [5.41, 5.74) is 1.53.